The van der Waals surface area contributed by atoms with Crippen LogP contribution in [0.3, 0.4) is 0 Å². The zero-order chi connectivity index (χ0) is 13.7. The van der Waals surface area contributed by atoms with Gasteiger partial charge in [-0.05, 0) is 32.1 Å². The predicted octanol–water partition coefficient (Wildman–Crippen LogP) is 2.08. The highest BCUT2D eigenvalue weighted by molar-refractivity contribution is 5.47. The van der Waals surface area contributed by atoms with Crippen LogP contribution in [0.25, 0.3) is 0 Å². The zero-order valence-electron chi connectivity index (χ0n) is 12.1. The van der Waals surface area contributed by atoms with E-state index in [4.69, 9.17) is 4.74 Å². The first-order chi connectivity index (χ1) is 9.16. The standard InChI is InChI=1S/C14H24N4O/c1-11-9-16-14(17-13(11)18(2)3)15-7-4-5-12-6-8-19-10-12/h9,12H,4-8,10H2,1-3H3,(H,15,16,17)/t12-/m0/s1. The fourth-order valence-electron chi connectivity index (χ4n) is 2.37. The minimum atomic E-state index is 0.719. The molecular weight excluding hydrogens is 240 g/mol. The van der Waals surface area contributed by atoms with E-state index in [1.807, 2.05) is 32.1 Å². The Morgan fingerprint density at radius 1 is 1.47 bits per heavy atom. The van der Waals surface area contributed by atoms with Crippen molar-refractivity contribution in [2.45, 2.75) is 26.2 Å². The Morgan fingerprint density at radius 3 is 3.00 bits per heavy atom. The van der Waals surface area contributed by atoms with Crippen molar-refractivity contribution in [1.82, 2.24) is 9.97 Å². The maximum atomic E-state index is 5.38. The summed E-state index contributed by atoms with van der Waals surface area (Å²) in [5.41, 5.74) is 1.10. The number of ether oxygens (including phenoxy) is 1. The number of hydrogen-bond acceptors (Lipinski definition) is 5. The van der Waals surface area contributed by atoms with E-state index in [0.717, 1.165) is 49.4 Å². The van der Waals surface area contributed by atoms with Crippen molar-refractivity contribution in [3.63, 3.8) is 0 Å². The Labute approximate surface area is 115 Å². The molecule has 5 nitrogen and oxygen atoms in total. The molecule has 1 saturated heterocycles. The van der Waals surface area contributed by atoms with Gasteiger partial charge in [-0.1, -0.05) is 0 Å². The van der Waals surface area contributed by atoms with E-state index in [9.17, 15) is 0 Å². The highest BCUT2D eigenvalue weighted by Gasteiger charge is 2.14. The fraction of sp³-hybridized carbons (Fsp3) is 0.714. The molecule has 0 amide bonds. The normalized spacial score (nSPS) is 18.6. The van der Waals surface area contributed by atoms with Gasteiger partial charge in [0.15, 0.2) is 0 Å². The molecule has 5 heteroatoms. The first-order valence-corrected chi connectivity index (χ1v) is 6.99. The second-order valence-electron chi connectivity index (χ2n) is 5.39. The number of anilines is 2. The molecule has 0 saturated carbocycles. The maximum absolute atomic E-state index is 5.38. The quantitative estimate of drug-likeness (QED) is 0.797. The van der Waals surface area contributed by atoms with E-state index in [0.29, 0.717) is 0 Å². The third-order valence-corrected chi connectivity index (χ3v) is 3.46. The molecule has 0 radical (unpaired) electrons. The summed E-state index contributed by atoms with van der Waals surface area (Å²) in [5.74, 6) is 2.44. The Hall–Kier alpha value is -1.36. The first-order valence-electron chi connectivity index (χ1n) is 6.99. The van der Waals surface area contributed by atoms with Gasteiger partial charge in [0.1, 0.15) is 5.82 Å². The smallest absolute Gasteiger partial charge is 0.224 e. The lowest BCUT2D eigenvalue weighted by Crippen LogP contribution is -2.15. The summed E-state index contributed by atoms with van der Waals surface area (Å²) >= 11 is 0. The summed E-state index contributed by atoms with van der Waals surface area (Å²) < 4.78 is 5.38. The van der Waals surface area contributed by atoms with Gasteiger partial charge >= 0.3 is 0 Å². The van der Waals surface area contributed by atoms with Crippen molar-refractivity contribution in [1.29, 1.82) is 0 Å². The molecule has 0 aliphatic carbocycles. The molecule has 1 atom stereocenters. The second-order valence-corrected chi connectivity index (χ2v) is 5.39. The van der Waals surface area contributed by atoms with Crippen molar-refractivity contribution in [3.05, 3.63) is 11.8 Å². The van der Waals surface area contributed by atoms with E-state index in [-0.39, 0.29) is 0 Å². The van der Waals surface area contributed by atoms with Gasteiger partial charge in [-0.2, -0.15) is 4.98 Å². The highest BCUT2D eigenvalue weighted by Crippen LogP contribution is 2.18. The van der Waals surface area contributed by atoms with Gasteiger partial charge in [0.2, 0.25) is 5.95 Å². The maximum Gasteiger partial charge on any atom is 0.224 e. The molecule has 0 aromatic carbocycles. The summed E-state index contributed by atoms with van der Waals surface area (Å²) in [7, 11) is 4.00. The topological polar surface area (TPSA) is 50.3 Å². The van der Waals surface area contributed by atoms with E-state index in [2.05, 4.69) is 15.3 Å². The van der Waals surface area contributed by atoms with Crippen LogP contribution in [-0.4, -0.2) is 43.8 Å². The average molecular weight is 264 g/mol. The number of nitrogens with zero attached hydrogens (tertiary/aromatic N) is 3. The van der Waals surface area contributed by atoms with Crippen LogP contribution >= 0.6 is 0 Å². The van der Waals surface area contributed by atoms with Crippen LogP contribution < -0.4 is 10.2 Å². The Bertz CT molecular complexity index is 402. The molecule has 0 spiro atoms. The van der Waals surface area contributed by atoms with Crippen molar-refractivity contribution in [3.8, 4) is 0 Å². The molecule has 0 unspecified atom stereocenters. The summed E-state index contributed by atoms with van der Waals surface area (Å²) in [5, 5.41) is 3.30. The van der Waals surface area contributed by atoms with Crippen LogP contribution in [0.2, 0.25) is 0 Å². The summed E-state index contributed by atoms with van der Waals surface area (Å²) in [6, 6.07) is 0. The first kappa shape index (κ1) is 14.1. The highest BCUT2D eigenvalue weighted by atomic mass is 16.5. The summed E-state index contributed by atoms with van der Waals surface area (Å²) in [6.45, 7) is 4.82. The molecule has 1 aromatic rings. The van der Waals surface area contributed by atoms with Crippen LogP contribution in [0.4, 0.5) is 11.8 Å². The van der Waals surface area contributed by atoms with Gasteiger partial charge in [0.25, 0.3) is 0 Å². The van der Waals surface area contributed by atoms with Crippen molar-refractivity contribution in [2.24, 2.45) is 5.92 Å². The number of aromatic nitrogens is 2. The van der Waals surface area contributed by atoms with Crippen LogP contribution in [-0.2, 0) is 4.74 Å². The van der Waals surface area contributed by atoms with Gasteiger partial charge in [-0.3, -0.25) is 0 Å². The van der Waals surface area contributed by atoms with Gasteiger partial charge in [0, 0.05) is 45.6 Å². The molecule has 1 aliphatic rings. The van der Waals surface area contributed by atoms with Crippen molar-refractivity contribution < 1.29 is 4.74 Å². The Morgan fingerprint density at radius 2 is 2.32 bits per heavy atom. The number of nitrogens with one attached hydrogen (secondary N) is 1. The Kier molecular flexibility index (Phi) is 4.96. The molecule has 0 bridgehead atoms. The minimum Gasteiger partial charge on any atom is -0.381 e. The predicted molar refractivity (Wildman–Crippen MR) is 77.7 cm³/mol. The van der Waals surface area contributed by atoms with E-state index < -0.39 is 0 Å². The third kappa shape index (κ3) is 4.06. The molecule has 1 aliphatic heterocycles. The SMILES string of the molecule is Cc1cnc(NCCC[C@H]2CCOC2)nc1N(C)C. The van der Waals surface area contributed by atoms with E-state index in [1.165, 1.54) is 12.8 Å². The van der Waals surface area contributed by atoms with Crippen molar-refractivity contribution in [2.75, 3.05) is 44.1 Å². The van der Waals surface area contributed by atoms with Crippen molar-refractivity contribution >= 4 is 11.8 Å². The fourth-order valence-corrected chi connectivity index (χ4v) is 2.37. The minimum absolute atomic E-state index is 0.719. The largest absolute Gasteiger partial charge is 0.381 e. The van der Waals surface area contributed by atoms with E-state index in [1.54, 1.807) is 0 Å². The van der Waals surface area contributed by atoms with Gasteiger partial charge in [-0.15, -0.1) is 0 Å². The average Bonchev–Trinajstić information content (AvgIpc) is 2.89. The van der Waals surface area contributed by atoms with Crippen LogP contribution in [0.15, 0.2) is 6.20 Å². The number of rotatable bonds is 6. The molecule has 1 aromatic heterocycles. The summed E-state index contributed by atoms with van der Waals surface area (Å²) in [4.78, 5) is 10.8. The third-order valence-electron chi connectivity index (χ3n) is 3.46. The van der Waals surface area contributed by atoms with Gasteiger partial charge in [-0.25, -0.2) is 4.98 Å². The molecule has 19 heavy (non-hydrogen) atoms. The lowest BCUT2D eigenvalue weighted by atomic mass is 10.0. The number of aryl methyl sites for hydroxylation is 1. The molecule has 106 valence electrons. The van der Waals surface area contributed by atoms with Crippen LogP contribution in [0.1, 0.15) is 24.8 Å². The van der Waals surface area contributed by atoms with Gasteiger partial charge < -0.3 is 15.0 Å². The molecule has 2 heterocycles. The second kappa shape index (κ2) is 6.70. The number of hydrogen-bond donors (Lipinski definition) is 1. The van der Waals surface area contributed by atoms with Crippen LogP contribution in [0.5, 0.6) is 0 Å². The summed E-state index contributed by atoms with van der Waals surface area (Å²) in [6.07, 6.45) is 5.45. The molecular formula is C14H24N4O. The zero-order valence-corrected chi connectivity index (χ0v) is 12.1. The lowest BCUT2D eigenvalue weighted by molar-refractivity contribution is 0.184. The van der Waals surface area contributed by atoms with E-state index >= 15 is 0 Å². The molecule has 2 rings (SSSR count). The molecule has 1 fully saturated rings. The Balaban J connectivity index is 1.77. The molecule has 1 N–H and O–H groups in total. The van der Waals surface area contributed by atoms with Gasteiger partial charge in [0.05, 0.1) is 0 Å². The lowest BCUT2D eigenvalue weighted by Gasteiger charge is -2.15. The monoisotopic (exact) mass is 264 g/mol. The van der Waals surface area contributed by atoms with Crippen LogP contribution in [0, 0.1) is 12.8 Å².